The Kier molecular flexibility index (Phi) is 4.98. The molecule has 0 radical (unpaired) electrons. The van der Waals surface area contributed by atoms with Crippen LogP contribution >= 0.6 is 0 Å². The average molecular weight is 318 g/mol. The van der Waals surface area contributed by atoms with Gasteiger partial charge in [-0.05, 0) is 31.7 Å². The third-order valence-corrected chi connectivity index (χ3v) is 4.77. The molecular formula is C17H26N4O2. The third-order valence-electron chi connectivity index (χ3n) is 4.77. The highest BCUT2D eigenvalue weighted by Crippen LogP contribution is 2.28. The van der Waals surface area contributed by atoms with Crippen molar-refractivity contribution in [2.24, 2.45) is 5.92 Å². The van der Waals surface area contributed by atoms with Gasteiger partial charge in [-0.2, -0.15) is 0 Å². The summed E-state index contributed by atoms with van der Waals surface area (Å²) in [5, 5.41) is 8.26. The predicted molar refractivity (Wildman–Crippen MR) is 88.5 cm³/mol. The quantitative estimate of drug-likeness (QED) is 0.851. The van der Waals surface area contributed by atoms with E-state index in [-0.39, 0.29) is 12.0 Å². The minimum atomic E-state index is 0.0219. The van der Waals surface area contributed by atoms with Crippen LogP contribution in [0.2, 0.25) is 0 Å². The minimum absolute atomic E-state index is 0.0219. The first-order valence-corrected chi connectivity index (χ1v) is 8.60. The Morgan fingerprint density at radius 2 is 1.96 bits per heavy atom. The number of hydrogen-bond donors (Lipinski definition) is 0. The highest BCUT2D eigenvalue weighted by Gasteiger charge is 2.31. The van der Waals surface area contributed by atoms with E-state index in [2.05, 4.69) is 10.2 Å². The molecule has 1 aliphatic heterocycles. The molecule has 1 aliphatic carbocycles. The van der Waals surface area contributed by atoms with Gasteiger partial charge < -0.3 is 14.5 Å². The molecule has 6 nitrogen and oxygen atoms in total. The first-order valence-electron chi connectivity index (χ1n) is 8.60. The van der Waals surface area contributed by atoms with Crippen molar-refractivity contribution in [3.63, 3.8) is 0 Å². The monoisotopic (exact) mass is 318 g/mol. The first kappa shape index (κ1) is 16.0. The zero-order chi connectivity index (χ0) is 16.2. The van der Waals surface area contributed by atoms with Gasteiger partial charge in [0.25, 0.3) is 0 Å². The molecule has 1 aromatic rings. The molecular weight excluding hydrogens is 292 g/mol. The van der Waals surface area contributed by atoms with E-state index in [0.717, 1.165) is 38.0 Å². The Hall–Kier alpha value is -1.85. The van der Waals surface area contributed by atoms with Crippen molar-refractivity contribution < 1.29 is 9.53 Å². The van der Waals surface area contributed by atoms with E-state index in [9.17, 15) is 4.79 Å². The zero-order valence-electron chi connectivity index (χ0n) is 14.1. The number of nitrogens with zero attached hydrogens (tertiary/aromatic N) is 4. The topological polar surface area (TPSA) is 58.6 Å². The maximum atomic E-state index is 12.6. The van der Waals surface area contributed by atoms with Crippen LogP contribution in [0.15, 0.2) is 12.1 Å². The summed E-state index contributed by atoms with van der Waals surface area (Å²) < 4.78 is 5.95. The van der Waals surface area contributed by atoms with Crippen LogP contribution in [0, 0.1) is 5.92 Å². The normalized spacial score (nSPS) is 22.2. The molecule has 0 bridgehead atoms. The lowest BCUT2D eigenvalue weighted by molar-refractivity contribution is -0.138. The van der Waals surface area contributed by atoms with E-state index >= 15 is 0 Å². The second kappa shape index (κ2) is 7.15. The molecule has 1 aromatic heterocycles. The average Bonchev–Trinajstić information content (AvgIpc) is 3.09. The maximum Gasteiger partial charge on any atom is 0.233 e. The maximum absolute atomic E-state index is 12.6. The van der Waals surface area contributed by atoms with Gasteiger partial charge in [-0.15, -0.1) is 10.2 Å². The summed E-state index contributed by atoms with van der Waals surface area (Å²) in [5.74, 6) is 1.91. The summed E-state index contributed by atoms with van der Waals surface area (Å²) in [6, 6.07) is 3.74. The molecule has 0 spiro atoms. The fraction of sp³-hybridized carbons (Fsp3) is 0.706. The van der Waals surface area contributed by atoms with E-state index in [4.69, 9.17) is 4.74 Å². The van der Waals surface area contributed by atoms with Crippen LogP contribution in [0.1, 0.15) is 38.5 Å². The predicted octanol–water partition coefficient (Wildman–Crippen LogP) is 2.10. The van der Waals surface area contributed by atoms with Crippen LogP contribution in [0.5, 0.6) is 5.88 Å². The summed E-state index contributed by atoms with van der Waals surface area (Å²) >= 11 is 0. The number of ether oxygens (including phenoxy) is 1. The fourth-order valence-corrected chi connectivity index (χ4v) is 3.45. The van der Waals surface area contributed by atoms with E-state index in [0.29, 0.717) is 18.3 Å². The number of rotatable bonds is 4. The molecule has 2 heterocycles. The van der Waals surface area contributed by atoms with Gasteiger partial charge in [-0.3, -0.25) is 4.79 Å². The van der Waals surface area contributed by atoms with E-state index in [1.807, 2.05) is 36.0 Å². The van der Waals surface area contributed by atoms with E-state index in [1.54, 1.807) is 0 Å². The Morgan fingerprint density at radius 1 is 1.17 bits per heavy atom. The second-order valence-corrected chi connectivity index (χ2v) is 6.77. The molecule has 2 aliphatic rings. The Labute approximate surface area is 137 Å². The van der Waals surface area contributed by atoms with Crippen LogP contribution in [0.4, 0.5) is 5.82 Å². The highest BCUT2D eigenvalue weighted by molar-refractivity contribution is 5.79. The number of likely N-dealkylation sites (tertiary alicyclic amines) is 1. The molecule has 6 heteroatoms. The van der Waals surface area contributed by atoms with Crippen LogP contribution in [0.3, 0.4) is 0 Å². The molecule has 1 unspecified atom stereocenters. The standard InChI is InChI=1S/C17H26N4O2/c1-20(2)15-9-10-16(19-18-15)23-14-8-5-11-21(12-14)17(22)13-6-3-4-7-13/h9-10,13-14H,3-8,11-12H2,1-2H3. The fourth-order valence-electron chi connectivity index (χ4n) is 3.45. The molecule has 1 amide bonds. The van der Waals surface area contributed by atoms with Crippen LogP contribution in [-0.4, -0.2) is 54.3 Å². The molecule has 2 fully saturated rings. The Bertz CT molecular complexity index is 526. The number of hydrogen-bond acceptors (Lipinski definition) is 5. The summed E-state index contributed by atoms with van der Waals surface area (Å²) in [6.07, 6.45) is 6.47. The van der Waals surface area contributed by atoms with Crippen molar-refractivity contribution in [1.82, 2.24) is 15.1 Å². The van der Waals surface area contributed by atoms with Gasteiger partial charge >= 0.3 is 0 Å². The van der Waals surface area contributed by atoms with Crippen molar-refractivity contribution in [2.75, 3.05) is 32.1 Å². The number of amides is 1. The van der Waals surface area contributed by atoms with Crippen molar-refractivity contribution in [3.8, 4) is 5.88 Å². The van der Waals surface area contributed by atoms with Crippen molar-refractivity contribution in [3.05, 3.63) is 12.1 Å². The number of carbonyl (C=O) groups is 1. The summed E-state index contributed by atoms with van der Waals surface area (Å²) in [7, 11) is 3.86. The van der Waals surface area contributed by atoms with Crippen LogP contribution < -0.4 is 9.64 Å². The van der Waals surface area contributed by atoms with E-state index < -0.39 is 0 Å². The molecule has 0 aromatic carbocycles. The van der Waals surface area contributed by atoms with E-state index in [1.165, 1.54) is 12.8 Å². The van der Waals surface area contributed by atoms with Crippen molar-refractivity contribution in [1.29, 1.82) is 0 Å². The van der Waals surface area contributed by atoms with Crippen LogP contribution in [-0.2, 0) is 4.79 Å². The SMILES string of the molecule is CN(C)c1ccc(OC2CCCN(C(=O)C3CCCC3)C2)nn1. The van der Waals surface area contributed by atoms with Gasteiger partial charge in [0.05, 0.1) is 6.54 Å². The molecule has 3 rings (SSSR count). The number of carbonyl (C=O) groups excluding carboxylic acids is 1. The number of piperidine rings is 1. The number of aromatic nitrogens is 2. The lowest BCUT2D eigenvalue weighted by atomic mass is 10.0. The Morgan fingerprint density at radius 3 is 2.61 bits per heavy atom. The van der Waals surface area contributed by atoms with Gasteiger partial charge in [0, 0.05) is 32.6 Å². The molecule has 1 saturated carbocycles. The first-order chi connectivity index (χ1) is 11.1. The van der Waals surface area contributed by atoms with Gasteiger partial charge in [0.2, 0.25) is 11.8 Å². The van der Waals surface area contributed by atoms with Crippen LogP contribution in [0.25, 0.3) is 0 Å². The second-order valence-electron chi connectivity index (χ2n) is 6.77. The number of anilines is 1. The molecule has 1 atom stereocenters. The van der Waals surface area contributed by atoms with Gasteiger partial charge in [0.15, 0.2) is 5.82 Å². The smallest absolute Gasteiger partial charge is 0.233 e. The van der Waals surface area contributed by atoms with Crippen molar-refractivity contribution in [2.45, 2.75) is 44.6 Å². The van der Waals surface area contributed by atoms with Gasteiger partial charge in [-0.25, -0.2) is 0 Å². The molecule has 0 N–H and O–H groups in total. The summed E-state index contributed by atoms with van der Waals surface area (Å²) in [6.45, 7) is 1.53. The largest absolute Gasteiger partial charge is 0.471 e. The molecule has 23 heavy (non-hydrogen) atoms. The molecule has 1 saturated heterocycles. The zero-order valence-corrected chi connectivity index (χ0v) is 14.1. The van der Waals surface area contributed by atoms with Gasteiger partial charge in [0.1, 0.15) is 6.10 Å². The van der Waals surface area contributed by atoms with Gasteiger partial charge in [-0.1, -0.05) is 12.8 Å². The molecule has 126 valence electrons. The third kappa shape index (κ3) is 3.92. The summed E-state index contributed by atoms with van der Waals surface area (Å²) in [5.41, 5.74) is 0. The highest BCUT2D eigenvalue weighted by atomic mass is 16.5. The minimum Gasteiger partial charge on any atom is -0.471 e. The summed E-state index contributed by atoms with van der Waals surface area (Å²) in [4.78, 5) is 16.4. The lowest BCUT2D eigenvalue weighted by Crippen LogP contribution is -2.46. The van der Waals surface area contributed by atoms with Crippen molar-refractivity contribution >= 4 is 11.7 Å². The lowest BCUT2D eigenvalue weighted by Gasteiger charge is -2.34. The Balaban J connectivity index is 1.56.